The van der Waals surface area contributed by atoms with Gasteiger partial charge < -0.3 is 10.2 Å². The molecule has 2 aliphatic rings. The molecule has 1 unspecified atom stereocenters. The average Bonchev–Trinajstić information content (AvgIpc) is 2.28. The van der Waals surface area contributed by atoms with E-state index in [1.807, 2.05) is 11.8 Å². The summed E-state index contributed by atoms with van der Waals surface area (Å²) >= 11 is 1.89. The first-order valence-corrected chi connectivity index (χ1v) is 7.34. The van der Waals surface area contributed by atoms with E-state index in [1.54, 1.807) is 0 Å². The van der Waals surface area contributed by atoms with Crippen molar-refractivity contribution in [2.45, 2.75) is 32.7 Å². The summed E-state index contributed by atoms with van der Waals surface area (Å²) in [4.78, 5) is 14.4. The van der Waals surface area contributed by atoms with E-state index in [1.165, 1.54) is 6.42 Å². The molecule has 0 bridgehead atoms. The highest BCUT2D eigenvalue weighted by Crippen LogP contribution is 2.28. The lowest BCUT2D eigenvalue weighted by atomic mass is 9.84. The number of thioether (sulfide) groups is 1. The second-order valence-electron chi connectivity index (χ2n) is 5.61. The van der Waals surface area contributed by atoms with Crippen molar-refractivity contribution in [1.29, 1.82) is 0 Å². The molecule has 1 amide bonds. The summed E-state index contributed by atoms with van der Waals surface area (Å²) in [5.41, 5.74) is 0.301. The van der Waals surface area contributed by atoms with Crippen molar-refractivity contribution in [2.75, 3.05) is 31.1 Å². The molecule has 2 saturated heterocycles. The molecule has 16 heavy (non-hydrogen) atoms. The van der Waals surface area contributed by atoms with E-state index in [0.29, 0.717) is 11.3 Å². The third-order valence-corrected chi connectivity index (χ3v) is 4.49. The molecule has 0 spiro atoms. The van der Waals surface area contributed by atoms with Crippen molar-refractivity contribution < 1.29 is 4.79 Å². The zero-order valence-corrected chi connectivity index (χ0v) is 11.1. The quantitative estimate of drug-likeness (QED) is 0.753. The summed E-state index contributed by atoms with van der Waals surface area (Å²) in [6.45, 7) is 7.36. The normalized spacial score (nSPS) is 30.1. The van der Waals surface area contributed by atoms with Crippen LogP contribution in [-0.2, 0) is 4.79 Å². The number of carbonyl (C=O) groups is 1. The van der Waals surface area contributed by atoms with Gasteiger partial charge in [-0.15, -0.1) is 0 Å². The highest BCUT2D eigenvalue weighted by molar-refractivity contribution is 7.99. The first kappa shape index (κ1) is 12.2. The Labute approximate surface area is 102 Å². The van der Waals surface area contributed by atoms with Crippen LogP contribution < -0.4 is 5.32 Å². The molecule has 1 N–H and O–H groups in total. The third kappa shape index (κ3) is 2.92. The number of rotatable bonds is 1. The Bertz CT molecular complexity index is 262. The smallest absolute Gasteiger partial charge is 0.240 e. The Morgan fingerprint density at radius 2 is 2.31 bits per heavy atom. The van der Waals surface area contributed by atoms with Crippen molar-refractivity contribution in [3.63, 3.8) is 0 Å². The molecule has 1 atom stereocenters. The van der Waals surface area contributed by atoms with Crippen LogP contribution in [0.15, 0.2) is 0 Å². The third-order valence-electron chi connectivity index (χ3n) is 3.43. The minimum absolute atomic E-state index is 0.0626. The van der Waals surface area contributed by atoms with Crippen molar-refractivity contribution in [3.05, 3.63) is 0 Å². The molecule has 0 aromatic carbocycles. The summed E-state index contributed by atoms with van der Waals surface area (Å²) < 4.78 is 0. The van der Waals surface area contributed by atoms with Crippen LogP contribution in [-0.4, -0.2) is 48.0 Å². The zero-order chi connectivity index (χ0) is 11.6. The molecule has 4 heteroatoms. The topological polar surface area (TPSA) is 32.3 Å². The number of piperidine rings is 1. The van der Waals surface area contributed by atoms with Gasteiger partial charge >= 0.3 is 0 Å². The molecule has 0 saturated carbocycles. The molecule has 2 heterocycles. The number of nitrogens with one attached hydrogen (secondary N) is 1. The predicted molar refractivity (Wildman–Crippen MR) is 68.7 cm³/mol. The molecule has 0 radical (unpaired) electrons. The SMILES string of the molecule is CC1(C)CCCN(C(=O)C2CSCCN2)C1. The summed E-state index contributed by atoms with van der Waals surface area (Å²) in [7, 11) is 0. The lowest BCUT2D eigenvalue weighted by Crippen LogP contribution is -2.54. The maximum absolute atomic E-state index is 12.3. The molecule has 2 rings (SSSR count). The molecule has 0 aromatic rings. The molecular weight excluding hydrogens is 220 g/mol. The fourth-order valence-corrected chi connectivity index (χ4v) is 3.48. The summed E-state index contributed by atoms with van der Waals surface area (Å²) in [6, 6.07) is 0.0626. The van der Waals surface area contributed by atoms with Crippen LogP contribution in [0.3, 0.4) is 0 Å². The zero-order valence-electron chi connectivity index (χ0n) is 10.3. The lowest BCUT2D eigenvalue weighted by Gasteiger charge is -2.40. The predicted octanol–water partition coefficient (Wildman–Crippen LogP) is 1.34. The van der Waals surface area contributed by atoms with E-state index in [2.05, 4.69) is 24.1 Å². The highest BCUT2D eigenvalue weighted by Gasteiger charge is 2.32. The fourth-order valence-electron chi connectivity index (χ4n) is 2.56. The van der Waals surface area contributed by atoms with Gasteiger partial charge in [0, 0.05) is 31.1 Å². The van der Waals surface area contributed by atoms with Gasteiger partial charge in [0.2, 0.25) is 5.91 Å². The van der Waals surface area contributed by atoms with Gasteiger partial charge in [0.1, 0.15) is 0 Å². The van der Waals surface area contributed by atoms with E-state index < -0.39 is 0 Å². The second kappa shape index (κ2) is 4.96. The Kier molecular flexibility index (Phi) is 3.80. The molecule has 92 valence electrons. The van der Waals surface area contributed by atoms with Gasteiger partial charge in [-0.1, -0.05) is 13.8 Å². The molecule has 2 fully saturated rings. The van der Waals surface area contributed by atoms with E-state index in [4.69, 9.17) is 0 Å². The largest absolute Gasteiger partial charge is 0.341 e. The number of likely N-dealkylation sites (tertiary alicyclic amines) is 1. The molecular formula is C12H22N2OS. The van der Waals surface area contributed by atoms with Crippen LogP contribution in [0.1, 0.15) is 26.7 Å². The highest BCUT2D eigenvalue weighted by atomic mass is 32.2. The van der Waals surface area contributed by atoms with E-state index in [0.717, 1.165) is 37.6 Å². The Balaban J connectivity index is 1.93. The summed E-state index contributed by atoms with van der Waals surface area (Å²) in [5, 5.41) is 3.33. The number of carbonyl (C=O) groups excluding carboxylic acids is 1. The van der Waals surface area contributed by atoms with Gasteiger partial charge in [-0.05, 0) is 18.3 Å². The molecule has 2 aliphatic heterocycles. The second-order valence-corrected chi connectivity index (χ2v) is 6.76. The lowest BCUT2D eigenvalue weighted by molar-refractivity contribution is -0.136. The monoisotopic (exact) mass is 242 g/mol. The minimum Gasteiger partial charge on any atom is -0.341 e. The first-order chi connectivity index (χ1) is 7.58. The minimum atomic E-state index is 0.0626. The van der Waals surface area contributed by atoms with Gasteiger partial charge in [0.25, 0.3) is 0 Å². The maximum Gasteiger partial charge on any atom is 0.240 e. The molecule has 0 aromatic heterocycles. The van der Waals surface area contributed by atoms with Crippen LogP contribution in [0, 0.1) is 5.41 Å². The van der Waals surface area contributed by atoms with Crippen molar-refractivity contribution in [1.82, 2.24) is 10.2 Å². The Morgan fingerprint density at radius 3 is 2.94 bits per heavy atom. The summed E-state index contributed by atoms with van der Waals surface area (Å²) in [6.07, 6.45) is 2.39. The maximum atomic E-state index is 12.3. The van der Waals surface area contributed by atoms with Crippen LogP contribution >= 0.6 is 11.8 Å². The van der Waals surface area contributed by atoms with Crippen LogP contribution in [0.5, 0.6) is 0 Å². The van der Waals surface area contributed by atoms with Crippen LogP contribution in [0.2, 0.25) is 0 Å². The molecule has 3 nitrogen and oxygen atoms in total. The van der Waals surface area contributed by atoms with Gasteiger partial charge in [-0.3, -0.25) is 4.79 Å². The number of hydrogen-bond donors (Lipinski definition) is 1. The number of nitrogens with zero attached hydrogens (tertiary/aromatic N) is 1. The first-order valence-electron chi connectivity index (χ1n) is 6.18. The van der Waals surface area contributed by atoms with Gasteiger partial charge in [0.15, 0.2) is 0 Å². The van der Waals surface area contributed by atoms with Gasteiger partial charge in [-0.2, -0.15) is 11.8 Å². The fraction of sp³-hybridized carbons (Fsp3) is 0.917. The summed E-state index contributed by atoms with van der Waals surface area (Å²) in [5.74, 6) is 2.39. The number of amides is 1. The standard InChI is InChI=1S/C12H22N2OS/c1-12(2)4-3-6-14(9-12)11(15)10-8-16-7-5-13-10/h10,13H,3-9H2,1-2H3. The Morgan fingerprint density at radius 1 is 1.50 bits per heavy atom. The van der Waals surface area contributed by atoms with E-state index in [-0.39, 0.29) is 6.04 Å². The van der Waals surface area contributed by atoms with E-state index in [9.17, 15) is 4.79 Å². The van der Waals surface area contributed by atoms with Crippen molar-refractivity contribution in [3.8, 4) is 0 Å². The number of hydrogen-bond acceptors (Lipinski definition) is 3. The molecule has 0 aliphatic carbocycles. The van der Waals surface area contributed by atoms with Gasteiger partial charge in [0.05, 0.1) is 6.04 Å². The Hall–Kier alpha value is -0.220. The average molecular weight is 242 g/mol. The van der Waals surface area contributed by atoms with Crippen LogP contribution in [0.4, 0.5) is 0 Å². The van der Waals surface area contributed by atoms with Gasteiger partial charge in [-0.25, -0.2) is 0 Å². The van der Waals surface area contributed by atoms with Crippen LogP contribution in [0.25, 0.3) is 0 Å². The van der Waals surface area contributed by atoms with Crippen molar-refractivity contribution >= 4 is 17.7 Å². The van der Waals surface area contributed by atoms with E-state index >= 15 is 0 Å². The van der Waals surface area contributed by atoms with Crippen molar-refractivity contribution in [2.24, 2.45) is 5.41 Å².